The highest BCUT2D eigenvalue weighted by Gasteiger charge is 2.55. The number of non-ortho nitro benzene ring substituents is 1. The summed E-state index contributed by atoms with van der Waals surface area (Å²) in [6.07, 6.45) is 0. The van der Waals surface area contributed by atoms with E-state index < -0.39 is 50.8 Å². The molecule has 0 bridgehead atoms. The van der Waals surface area contributed by atoms with Crippen LogP contribution in [0.4, 0.5) is 10.8 Å². The van der Waals surface area contributed by atoms with Crippen LogP contribution >= 0.6 is 34.9 Å². The molecule has 65 heavy (non-hydrogen) atoms. The second kappa shape index (κ2) is 19.2. The van der Waals surface area contributed by atoms with Crippen LogP contribution in [0.15, 0.2) is 152 Å². The molecule has 2 aliphatic rings. The number of hydrogen-bond donors (Lipinski definition) is 3. The van der Waals surface area contributed by atoms with E-state index in [9.17, 15) is 34.1 Å². The Morgan fingerprint density at radius 2 is 1.57 bits per heavy atom. The molecule has 3 N–H and O–H groups in total. The fraction of sp³-hybridized carbons (Fsp3) is 0.182. The van der Waals surface area contributed by atoms with E-state index in [-0.39, 0.29) is 46.1 Å². The van der Waals surface area contributed by atoms with Gasteiger partial charge < -0.3 is 20.2 Å². The largest absolute Gasteiger partial charge is 0.456 e. The molecule has 0 radical (unpaired) electrons. The monoisotopic (exact) mass is 931 g/mol. The lowest BCUT2D eigenvalue weighted by molar-refractivity contribution is -0.384. The third-order valence-corrected chi connectivity index (χ3v) is 13.7. The van der Waals surface area contributed by atoms with E-state index in [1.165, 1.54) is 66.4 Å². The van der Waals surface area contributed by atoms with Crippen molar-refractivity contribution >= 4 is 69.2 Å². The van der Waals surface area contributed by atoms with Gasteiger partial charge in [-0.15, -0.1) is 28.2 Å². The van der Waals surface area contributed by atoms with Gasteiger partial charge in [-0.2, -0.15) is 0 Å². The number of thioether (sulfide) groups is 2. The molecule has 8 rings (SSSR count). The molecular weight excluding hydrogens is 895 g/mol. The van der Waals surface area contributed by atoms with Crippen LogP contribution in [0.5, 0.6) is 0 Å². The first-order chi connectivity index (χ1) is 31.5. The van der Waals surface area contributed by atoms with Gasteiger partial charge in [-0.3, -0.25) is 38.8 Å². The zero-order chi connectivity index (χ0) is 45.7. The maximum Gasteiger partial charge on any atom is 0.355 e. The molecule has 2 atom stereocenters. The number of esters is 1. The Bertz CT molecular complexity index is 2850. The highest BCUT2D eigenvalue weighted by molar-refractivity contribution is 8.01. The first kappa shape index (κ1) is 44.3. The Morgan fingerprint density at radius 1 is 0.954 bits per heavy atom. The highest BCUT2D eigenvalue weighted by Crippen LogP contribution is 2.43. The van der Waals surface area contributed by atoms with Crippen LogP contribution in [0.2, 0.25) is 0 Å². The Kier molecular flexibility index (Phi) is 13.1. The summed E-state index contributed by atoms with van der Waals surface area (Å²) in [5.41, 5.74) is 0.920. The van der Waals surface area contributed by atoms with E-state index in [1.54, 1.807) is 5.38 Å². The van der Waals surface area contributed by atoms with E-state index in [1.807, 2.05) is 91.0 Å². The molecule has 1 saturated heterocycles. The number of fused-ring (bicyclic) bond motifs is 1. The van der Waals surface area contributed by atoms with Gasteiger partial charge in [0.1, 0.15) is 42.1 Å². The summed E-state index contributed by atoms with van der Waals surface area (Å²) in [5.74, 6) is -1.93. The van der Waals surface area contributed by atoms with Crippen LogP contribution in [0.1, 0.15) is 27.9 Å². The van der Waals surface area contributed by atoms with Gasteiger partial charge in [0.2, 0.25) is 0 Å². The molecule has 21 heteroatoms. The second-order valence-electron chi connectivity index (χ2n) is 14.4. The molecule has 1 fully saturated rings. The number of hydrogen-bond acceptors (Lipinski definition) is 16. The number of aromatic amines is 1. The predicted molar refractivity (Wildman–Crippen MR) is 244 cm³/mol. The molecule has 0 spiro atoms. The second-order valence-corrected chi connectivity index (χ2v) is 17.3. The molecular formula is C44H37N9O9S3. The number of aromatic nitrogens is 4. The van der Waals surface area contributed by atoms with E-state index in [0.717, 1.165) is 33.0 Å². The van der Waals surface area contributed by atoms with Crippen LogP contribution in [-0.2, 0) is 43.2 Å². The molecule has 330 valence electrons. The lowest BCUT2D eigenvalue weighted by atomic mass is 9.77. The maximum atomic E-state index is 14.1. The minimum absolute atomic E-state index is 0.0622. The Balaban J connectivity index is 1.04. The van der Waals surface area contributed by atoms with Crippen molar-refractivity contribution < 1.29 is 28.9 Å². The van der Waals surface area contributed by atoms with Crippen molar-refractivity contribution in [1.29, 1.82) is 0 Å². The molecule has 18 nitrogen and oxygen atoms in total. The van der Waals surface area contributed by atoms with E-state index >= 15 is 0 Å². The maximum absolute atomic E-state index is 14.1. The molecule has 2 aliphatic heterocycles. The van der Waals surface area contributed by atoms with Crippen molar-refractivity contribution in [2.75, 3.05) is 23.9 Å². The van der Waals surface area contributed by atoms with Crippen LogP contribution in [-0.4, -0.2) is 83.1 Å². The summed E-state index contributed by atoms with van der Waals surface area (Å²) in [6.45, 7) is -0.263. The predicted octanol–water partition coefficient (Wildman–Crippen LogP) is 4.78. The normalized spacial score (nSPS) is 16.0. The number of H-pyrrole nitrogens is 1. The smallest absolute Gasteiger partial charge is 0.355 e. The van der Waals surface area contributed by atoms with Gasteiger partial charge in [0.25, 0.3) is 17.5 Å². The van der Waals surface area contributed by atoms with E-state index in [2.05, 4.69) is 26.0 Å². The standard InChI is InChI=1S/C44H37N9O9S3/c1-51-39(57)37(55)48-49-43(51)65-24-27-23-63-40-34(38(56)52(40)35(27)41(58)62-22-26-18-20-31(21-19-26)53(59)60)46-36(54)33(50-61-2)32-25-64-42(45-32)47-44(28-12-6-3-7-13-28,29-14-8-4-9-15-29)30-16-10-5-11-17-30/h3-21,25,34,40H,22-24H2,1-2H3,(H,45,47)(H,46,54)(H,48,55)/b50-33-/t34?,40-/m1/s1. The van der Waals surface area contributed by atoms with Gasteiger partial charge in [0.15, 0.2) is 16.0 Å². The molecule has 2 aromatic heterocycles. The van der Waals surface area contributed by atoms with Gasteiger partial charge in [-0.25, -0.2) is 14.9 Å². The number of carbonyl (C=O) groups excluding carboxylic acids is 3. The van der Waals surface area contributed by atoms with Crippen LogP contribution in [0.3, 0.4) is 0 Å². The number of nitrogens with zero attached hydrogens (tertiary/aromatic N) is 6. The molecule has 0 aliphatic carbocycles. The summed E-state index contributed by atoms with van der Waals surface area (Å²) >= 11 is 3.60. The molecule has 2 amide bonds. The van der Waals surface area contributed by atoms with Gasteiger partial charge in [-0.1, -0.05) is 108 Å². The number of benzene rings is 4. The fourth-order valence-electron chi connectivity index (χ4n) is 7.34. The zero-order valence-corrected chi connectivity index (χ0v) is 36.9. The fourth-order valence-corrected chi connectivity index (χ4v) is 10.5. The first-order valence-electron chi connectivity index (χ1n) is 19.7. The summed E-state index contributed by atoms with van der Waals surface area (Å²) < 4.78 is 6.71. The van der Waals surface area contributed by atoms with Crippen molar-refractivity contribution in [3.8, 4) is 0 Å². The summed E-state index contributed by atoms with van der Waals surface area (Å²) in [6, 6.07) is 34.2. The van der Waals surface area contributed by atoms with Crippen molar-refractivity contribution in [3.63, 3.8) is 0 Å². The van der Waals surface area contributed by atoms with Gasteiger partial charge in [-0.05, 0) is 40.0 Å². The van der Waals surface area contributed by atoms with Crippen LogP contribution < -0.4 is 21.8 Å². The average Bonchev–Trinajstić information content (AvgIpc) is 3.80. The van der Waals surface area contributed by atoms with E-state index in [4.69, 9.17) is 14.6 Å². The molecule has 1 unspecified atom stereocenters. The lowest BCUT2D eigenvalue weighted by Crippen LogP contribution is -2.71. The number of amides is 2. The molecule has 4 aromatic carbocycles. The number of anilines is 1. The number of oxime groups is 1. The Hall–Kier alpha value is -7.36. The Labute approximate surface area is 381 Å². The third kappa shape index (κ3) is 8.93. The lowest BCUT2D eigenvalue weighted by Gasteiger charge is -2.49. The van der Waals surface area contributed by atoms with Gasteiger partial charge >= 0.3 is 17.1 Å². The Morgan fingerprint density at radius 3 is 2.15 bits per heavy atom. The topological polar surface area (TPSA) is 233 Å². The SMILES string of the molecule is CO/N=C(\C(=O)NC1C(=O)N2C(C(=O)OCc3ccc([N+](=O)[O-])cc3)=C(CSc3n[nH]c(=O)c(=O)n3C)CS[C@H]12)c1csc(NC(c2ccccc2)(c2ccccc2)c2ccccc2)n1. The number of ether oxygens (including phenoxy) is 1. The number of carbonyl (C=O) groups is 3. The number of thiazole rings is 1. The van der Waals surface area contributed by atoms with Crippen molar-refractivity contribution in [2.45, 2.75) is 28.7 Å². The number of nitrogens with one attached hydrogen (secondary N) is 3. The van der Waals surface area contributed by atoms with Crippen LogP contribution in [0.25, 0.3) is 0 Å². The number of nitro benzene ring substituents is 1. The number of rotatable bonds is 16. The first-order valence-corrected chi connectivity index (χ1v) is 22.6. The van der Waals surface area contributed by atoms with Gasteiger partial charge in [0.05, 0.1) is 4.92 Å². The number of β-lactam (4-membered cyclic amide) rings is 1. The summed E-state index contributed by atoms with van der Waals surface area (Å²) in [7, 11) is 2.67. The minimum atomic E-state index is -1.10. The van der Waals surface area contributed by atoms with Crippen LogP contribution in [0, 0.1) is 10.1 Å². The zero-order valence-electron chi connectivity index (χ0n) is 34.4. The minimum Gasteiger partial charge on any atom is -0.456 e. The third-order valence-electron chi connectivity index (χ3n) is 10.5. The molecule has 6 aromatic rings. The summed E-state index contributed by atoms with van der Waals surface area (Å²) in [5, 5.41) is 29.3. The van der Waals surface area contributed by atoms with Crippen molar-refractivity contribution in [1.82, 2.24) is 30.0 Å². The quantitative estimate of drug-likeness (QED) is 0.0173. The van der Waals surface area contributed by atoms with Gasteiger partial charge in [0, 0.05) is 36.1 Å². The van der Waals surface area contributed by atoms with E-state index in [0.29, 0.717) is 16.3 Å². The van der Waals surface area contributed by atoms with Crippen molar-refractivity contribution in [2.24, 2.45) is 12.2 Å². The highest BCUT2D eigenvalue weighted by atomic mass is 32.2. The number of nitro groups is 1. The molecule has 4 heterocycles. The summed E-state index contributed by atoms with van der Waals surface area (Å²) in [4.78, 5) is 87.9. The average molecular weight is 932 g/mol. The van der Waals surface area contributed by atoms with Crippen molar-refractivity contribution in [3.05, 3.63) is 191 Å². The molecule has 0 saturated carbocycles.